The number of likely N-dealkylation sites (N-methyl/N-ethyl adjacent to an activating group) is 1. The number of hydrogen-bond donors (Lipinski definition) is 1. The van der Waals surface area contributed by atoms with Gasteiger partial charge in [0.25, 0.3) is 0 Å². The quantitative estimate of drug-likeness (QED) is 0.832. The van der Waals surface area contributed by atoms with Crippen LogP contribution in [0.15, 0.2) is 18.2 Å². The summed E-state index contributed by atoms with van der Waals surface area (Å²) in [5.41, 5.74) is 6.67. The molecule has 6 nitrogen and oxygen atoms in total. The molecule has 1 unspecified atom stereocenters. The fraction of sp³-hybridized carbons (Fsp3) is 0.462. The van der Waals surface area contributed by atoms with Gasteiger partial charge in [0.15, 0.2) is 11.5 Å². The summed E-state index contributed by atoms with van der Waals surface area (Å²) in [5, 5.41) is 0. The topological polar surface area (TPSA) is 74.0 Å². The van der Waals surface area contributed by atoms with Crippen LogP contribution < -0.4 is 15.2 Å². The molecule has 0 saturated carbocycles. The molecule has 0 radical (unpaired) electrons. The Labute approximate surface area is 112 Å². The Morgan fingerprint density at radius 1 is 1.47 bits per heavy atom. The van der Waals surface area contributed by atoms with Crippen LogP contribution in [0.1, 0.15) is 5.56 Å². The number of carbonyl (C=O) groups is 1. The monoisotopic (exact) mass is 266 g/mol. The minimum absolute atomic E-state index is 0.153. The van der Waals surface area contributed by atoms with Crippen molar-refractivity contribution in [1.29, 1.82) is 0 Å². The van der Waals surface area contributed by atoms with Gasteiger partial charge in [-0.05, 0) is 17.7 Å². The largest absolute Gasteiger partial charge is 0.454 e. The second-order valence-electron chi connectivity index (χ2n) is 4.44. The number of hydrogen-bond acceptors (Lipinski definition) is 5. The van der Waals surface area contributed by atoms with Gasteiger partial charge >= 0.3 is 0 Å². The molecule has 1 aliphatic heterocycles. The summed E-state index contributed by atoms with van der Waals surface area (Å²) < 4.78 is 15.4. The van der Waals surface area contributed by atoms with Crippen molar-refractivity contribution in [2.45, 2.75) is 12.6 Å². The maximum absolute atomic E-state index is 11.9. The van der Waals surface area contributed by atoms with Crippen LogP contribution in [0.5, 0.6) is 11.5 Å². The van der Waals surface area contributed by atoms with Crippen molar-refractivity contribution in [3.8, 4) is 11.5 Å². The third kappa shape index (κ3) is 3.15. The number of nitrogens with two attached hydrogens (primary N) is 1. The van der Waals surface area contributed by atoms with Gasteiger partial charge in [-0.25, -0.2) is 0 Å². The van der Waals surface area contributed by atoms with E-state index in [2.05, 4.69) is 0 Å². The number of methoxy groups -OCH3 is 1. The smallest absolute Gasteiger partial charge is 0.241 e. The van der Waals surface area contributed by atoms with Crippen LogP contribution in [0.2, 0.25) is 0 Å². The third-order valence-corrected chi connectivity index (χ3v) is 2.90. The van der Waals surface area contributed by atoms with Crippen molar-refractivity contribution in [1.82, 2.24) is 4.90 Å². The van der Waals surface area contributed by atoms with E-state index in [1.54, 1.807) is 11.9 Å². The molecule has 2 rings (SSSR count). The highest BCUT2D eigenvalue weighted by Crippen LogP contribution is 2.32. The van der Waals surface area contributed by atoms with Crippen molar-refractivity contribution in [2.24, 2.45) is 5.73 Å². The number of nitrogens with zero attached hydrogens (tertiary/aromatic N) is 1. The lowest BCUT2D eigenvalue weighted by molar-refractivity contribution is -0.132. The molecule has 104 valence electrons. The fourth-order valence-corrected chi connectivity index (χ4v) is 1.93. The maximum atomic E-state index is 11.9. The van der Waals surface area contributed by atoms with Gasteiger partial charge in [-0.15, -0.1) is 0 Å². The first-order valence-corrected chi connectivity index (χ1v) is 6.00. The molecule has 0 aromatic heterocycles. The SMILES string of the molecule is COCC(N)C(=O)N(C)Cc1ccc2c(c1)OCO2. The zero-order chi connectivity index (χ0) is 13.8. The van der Waals surface area contributed by atoms with Gasteiger partial charge in [0.1, 0.15) is 6.04 Å². The third-order valence-electron chi connectivity index (χ3n) is 2.90. The predicted molar refractivity (Wildman–Crippen MR) is 68.9 cm³/mol. The Morgan fingerprint density at radius 2 is 2.21 bits per heavy atom. The van der Waals surface area contributed by atoms with E-state index in [9.17, 15) is 4.79 Å². The molecule has 1 atom stereocenters. The second kappa shape index (κ2) is 5.90. The van der Waals surface area contributed by atoms with Gasteiger partial charge in [-0.2, -0.15) is 0 Å². The van der Waals surface area contributed by atoms with Gasteiger partial charge in [0.2, 0.25) is 12.7 Å². The number of amides is 1. The zero-order valence-electron chi connectivity index (χ0n) is 11.1. The normalized spacial score (nSPS) is 14.3. The number of fused-ring (bicyclic) bond motifs is 1. The van der Waals surface area contributed by atoms with Crippen LogP contribution in [0.25, 0.3) is 0 Å². The van der Waals surface area contributed by atoms with Crippen molar-refractivity contribution < 1.29 is 19.0 Å². The first-order valence-electron chi connectivity index (χ1n) is 6.00. The molecule has 0 aliphatic carbocycles. The van der Waals surface area contributed by atoms with Crippen LogP contribution in [-0.2, 0) is 16.1 Å². The van der Waals surface area contributed by atoms with Crippen LogP contribution in [-0.4, -0.2) is 44.4 Å². The van der Waals surface area contributed by atoms with Crippen LogP contribution in [0.3, 0.4) is 0 Å². The first-order chi connectivity index (χ1) is 9.11. The summed E-state index contributed by atoms with van der Waals surface area (Å²) >= 11 is 0. The van der Waals surface area contributed by atoms with E-state index in [0.717, 1.165) is 11.3 Å². The molecule has 6 heteroatoms. The Bertz CT molecular complexity index is 464. The lowest BCUT2D eigenvalue weighted by atomic mass is 10.2. The first kappa shape index (κ1) is 13.6. The Hall–Kier alpha value is -1.79. The molecular formula is C13H18N2O4. The minimum Gasteiger partial charge on any atom is -0.454 e. The zero-order valence-corrected chi connectivity index (χ0v) is 11.1. The fourth-order valence-electron chi connectivity index (χ4n) is 1.93. The predicted octanol–water partition coefficient (Wildman–Crippen LogP) is 0.347. The van der Waals surface area contributed by atoms with E-state index in [1.807, 2.05) is 18.2 Å². The average molecular weight is 266 g/mol. The summed E-state index contributed by atoms with van der Waals surface area (Å²) in [5.74, 6) is 1.29. The second-order valence-corrected chi connectivity index (χ2v) is 4.44. The van der Waals surface area contributed by atoms with Crippen molar-refractivity contribution >= 4 is 5.91 Å². The Balaban J connectivity index is 1.98. The van der Waals surface area contributed by atoms with Crippen LogP contribution in [0, 0.1) is 0 Å². The molecule has 1 heterocycles. The highest BCUT2D eigenvalue weighted by Gasteiger charge is 2.19. The minimum atomic E-state index is -0.635. The molecule has 2 N–H and O–H groups in total. The van der Waals surface area contributed by atoms with Crippen LogP contribution >= 0.6 is 0 Å². The van der Waals surface area contributed by atoms with E-state index in [0.29, 0.717) is 12.3 Å². The lowest BCUT2D eigenvalue weighted by Crippen LogP contribution is -2.44. The molecule has 1 aromatic carbocycles. The molecule has 1 aliphatic rings. The van der Waals surface area contributed by atoms with E-state index in [-0.39, 0.29) is 19.3 Å². The van der Waals surface area contributed by atoms with Crippen molar-refractivity contribution in [3.05, 3.63) is 23.8 Å². The lowest BCUT2D eigenvalue weighted by Gasteiger charge is -2.21. The molecule has 19 heavy (non-hydrogen) atoms. The molecule has 1 amide bonds. The number of rotatable bonds is 5. The molecule has 0 spiro atoms. The van der Waals surface area contributed by atoms with Gasteiger partial charge < -0.3 is 24.8 Å². The van der Waals surface area contributed by atoms with Crippen molar-refractivity contribution in [2.75, 3.05) is 27.6 Å². The summed E-state index contributed by atoms with van der Waals surface area (Å²) in [6.45, 7) is 0.920. The molecule has 1 aromatic rings. The standard InChI is InChI=1S/C13H18N2O4/c1-15(13(16)10(14)7-17-2)6-9-3-4-11-12(5-9)19-8-18-11/h3-5,10H,6-8,14H2,1-2H3. The van der Waals surface area contributed by atoms with E-state index in [4.69, 9.17) is 19.9 Å². The molecule has 0 saturated heterocycles. The molecule has 0 fully saturated rings. The molecular weight excluding hydrogens is 248 g/mol. The maximum Gasteiger partial charge on any atom is 0.241 e. The van der Waals surface area contributed by atoms with Gasteiger partial charge in [-0.1, -0.05) is 6.07 Å². The summed E-state index contributed by atoms with van der Waals surface area (Å²) in [6.07, 6.45) is 0. The van der Waals surface area contributed by atoms with Gasteiger partial charge in [0.05, 0.1) is 6.61 Å². The van der Waals surface area contributed by atoms with Gasteiger partial charge in [-0.3, -0.25) is 4.79 Å². The highest BCUT2D eigenvalue weighted by atomic mass is 16.7. The number of ether oxygens (including phenoxy) is 3. The summed E-state index contributed by atoms with van der Waals surface area (Å²) in [6, 6.07) is 4.97. The van der Waals surface area contributed by atoms with E-state index in [1.165, 1.54) is 7.11 Å². The van der Waals surface area contributed by atoms with E-state index < -0.39 is 6.04 Å². The average Bonchev–Trinajstić information content (AvgIpc) is 2.85. The van der Waals surface area contributed by atoms with E-state index >= 15 is 0 Å². The number of benzene rings is 1. The van der Waals surface area contributed by atoms with Crippen LogP contribution in [0.4, 0.5) is 0 Å². The summed E-state index contributed by atoms with van der Waals surface area (Å²) in [4.78, 5) is 13.5. The Morgan fingerprint density at radius 3 is 2.95 bits per heavy atom. The summed E-state index contributed by atoms with van der Waals surface area (Å²) in [7, 11) is 3.23. The van der Waals surface area contributed by atoms with Crippen molar-refractivity contribution in [3.63, 3.8) is 0 Å². The van der Waals surface area contributed by atoms with Gasteiger partial charge in [0, 0.05) is 20.7 Å². The highest BCUT2D eigenvalue weighted by molar-refractivity contribution is 5.81. The Kier molecular flexibility index (Phi) is 4.24. The molecule has 0 bridgehead atoms. The number of carbonyl (C=O) groups excluding carboxylic acids is 1.